The second-order valence-corrected chi connectivity index (χ2v) is 8.47. The van der Waals surface area contributed by atoms with Crippen LogP contribution in [0.25, 0.3) is 0 Å². The number of likely N-dealkylation sites (tertiary alicyclic amines) is 1. The van der Waals surface area contributed by atoms with Crippen molar-refractivity contribution < 1.29 is 23.9 Å². The highest BCUT2D eigenvalue weighted by Crippen LogP contribution is 2.40. The molecule has 0 aliphatic carbocycles. The highest BCUT2D eigenvalue weighted by atomic mass is 35.5. The van der Waals surface area contributed by atoms with Crippen molar-refractivity contribution in [2.75, 3.05) is 20.2 Å². The summed E-state index contributed by atoms with van der Waals surface area (Å²) in [6, 6.07) is 12.1. The number of Topliss-reactive ketones (excluding diaryl/α,β-unsaturated/α-hetero) is 2. The number of hydrogen-bond acceptors (Lipinski definition) is 5. The Kier molecular flexibility index (Phi) is 6.01. The van der Waals surface area contributed by atoms with E-state index >= 15 is 0 Å². The van der Waals surface area contributed by atoms with Crippen LogP contribution in [0, 0.1) is 0 Å². The minimum absolute atomic E-state index is 0.0194. The Morgan fingerprint density at radius 3 is 2.61 bits per heavy atom. The van der Waals surface area contributed by atoms with Crippen molar-refractivity contribution in [3.05, 3.63) is 58.6 Å². The van der Waals surface area contributed by atoms with Crippen LogP contribution < -0.4 is 9.47 Å². The van der Waals surface area contributed by atoms with Crippen molar-refractivity contribution in [2.24, 2.45) is 0 Å². The Labute approximate surface area is 186 Å². The number of fused-ring (bicyclic) bond motifs is 1. The lowest BCUT2D eigenvalue weighted by atomic mass is 9.82. The van der Waals surface area contributed by atoms with Gasteiger partial charge in [-0.25, -0.2) is 0 Å². The molecular formula is C24H24ClNO5. The predicted molar refractivity (Wildman–Crippen MR) is 116 cm³/mol. The van der Waals surface area contributed by atoms with E-state index in [9.17, 15) is 14.4 Å². The van der Waals surface area contributed by atoms with E-state index in [0.29, 0.717) is 53.6 Å². The van der Waals surface area contributed by atoms with E-state index in [4.69, 9.17) is 21.1 Å². The zero-order valence-corrected chi connectivity index (χ0v) is 18.1. The standard InChI is InChI=1S/C24H24ClNO5/c1-30-21-5-3-2-4-17(21)19(27)7-9-23(29)26-12-10-24(11-13-26)15-20(28)18-14-16(25)6-8-22(18)31-24/h2-6,8,14H,7,9-13,15H2,1H3. The average Bonchev–Trinajstić information content (AvgIpc) is 2.78. The van der Waals surface area contributed by atoms with Gasteiger partial charge in [0.05, 0.1) is 24.7 Å². The minimum Gasteiger partial charge on any atom is -0.496 e. The Bertz CT molecular complexity index is 1030. The lowest BCUT2D eigenvalue weighted by Crippen LogP contribution is -2.52. The summed E-state index contributed by atoms with van der Waals surface area (Å²) in [7, 11) is 1.52. The van der Waals surface area contributed by atoms with Crippen molar-refractivity contribution in [3.8, 4) is 11.5 Å². The van der Waals surface area contributed by atoms with E-state index < -0.39 is 5.60 Å². The van der Waals surface area contributed by atoms with Crippen LogP contribution in [0.2, 0.25) is 5.02 Å². The van der Waals surface area contributed by atoms with Gasteiger partial charge in [0.1, 0.15) is 17.1 Å². The number of hydrogen-bond donors (Lipinski definition) is 0. The third-order valence-electron chi connectivity index (χ3n) is 6.05. The van der Waals surface area contributed by atoms with Crippen molar-refractivity contribution in [3.63, 3.8) is 0 Å². The van der Waals surface area contributed by atoms with Gasteiger partial charge in [0, 0.05) is 43.8 Å². The number of rotatable bonds is 5. The first-order valence-corrected chi connectivity index (χ1v) is 10.7. The fourth-order valence-electron chi connectivity index (χ4n) is 4.30. The molecule has 0 unspecified atom stereocenters. The molecule has 0 radical (unpaired) electrons. The highest BCUT2D eigenvalue weighted by Gasteiger charge is 2.43. The molecule has 162 valence electrons. The molecule has 2 heterocycles. The first kappa shape index (κ1) is 21.4. The molecular weight excluding hydrogens is 418 g/mol. The molecule has 1 amide bonds. The molecule has 6 nitrogen and oxygen atoms in total. The largest absolute Gasteiger partial charge is 0.496 e. The number of amides is 1. The van der Waals surface area contributed by atoms with Gasteiger partial charge in [-0.05, 0) is 30.3 Å². The molecule has 2 aliphatic heterocycles. The van der Waals surface area contributed by atoms with E-state index in [-0.39, 0.29) is 36.7 Å². The molecule has 0 aromatic heterocycles. The molecule has 4 rings (SSSR count). The summed E-state index contributed by atoms with van der Waals surface area (Å²) < 4.78 is 11.4. The van der Waals surface area contributed by atoms with Crippen LogP contribution in [-0.2, 0) is 4.79 Å². The summed E-state index contributed by atoms with van der Waals surface area (Å²) in [6.45, 7) is 0.996. The molecule has 1 fully saturated rings. The number of methoxy groups -OCH3 is 1. The zero-order chi connectivity index (χ0) is 22.0. The number of benzene rings is 2. The Hall–Kier alpha value is -2.86. The molecule has 1 saturated heterocycles. The summed E-state index contributed by atoms with van der Waals surface area (Å²) >= 11 is 6.00. The lowest BCUT2D eigenvalue weighted by Gasteiger charge is -2.44. The van der Waals surface area contributed by atoms with Crippen molar-refractivity contribution in [1.82, 2.24) is 4.90 Å². The van der Waals surface area contributed by atoms with E-state index in [0.717, 1.165) is 0 Å². The molecule has 7 heteroatoms. The predicted octanol–water partition coefficient (Wildman–Crippen LogP) is 4.34. The molecule has 1 spiro atoms. The number of para-hydroxylation sites is 1. The van der Waals surface area contributed by atoms with Crippen LogP contribution in [0.15, 0.2) is 42.5 Å². The quantitative estimate of drug-likeness (QED) is 0.645. The van der Waals surface area contributed by atoms with E-state index in [1.54, 1.807) is 47.4 Å². The topological polar surface area (TPSA) is 72.9 Å². The summed E-state index contributed by atoms with van der Waals surface area (Å²) in [5, 5.41) is 0.509. The molecule has 0 atom stereocenters. The van der Waals surface area contributed by atoms with E-state index in [1.165, 1.54) is 7.11 Å². The Morgan fingerprint density at radius 2 is 1.87 bits per heavy atom. The normalized spacial score (nSPS) is 17.1. The molecule has 2 aromatic carbocycles. The van der Waals surface area contributed by atoms with Crippen molar-refractivity contribution in [1.29, 1.82) is 0 Å². The van der Waals surface area contributed by atoms with Crippen LogP contribution in [0.4, 0.5) is 0 Å². The van der Waals surface area contributed by atoms with Gasteiger partial charge in [-0.3, -0.25) is 14.4 Å². The maximum absolute atomic E-state index is 12.7. The summed E-state index contributed by atoms with van der Waals surface area (Å²) in [6.07, 6.45) is 1.71. The molecule has 31 heavy (non-hydrogen) atoms. The number of ketones is 2. The summed E-state index contributed by atoms with van der Waals surface area (Å²) in [4.78, 5) is 39.6. The van der Waals surface area contributed by atoms with Crippen LogP contribution in [0.3, 0.4) is 0 Å². The number of ether oxygens (including phenoxy) is 2. The van der Waals surface area contributed by atoms with Crippen LogP contribution in [0.1, 0.15) is 52.8 Å². The summed E-state index contributed by atoms with van der Waals surface area (Å²) in [5.74, 6) is 0.914. The molecule has 0 N–H and O–H groups in total. The maximum Gasteiger partial charge on any atom is 0.223 e. The second-order valence-electron chi connectivity index (χ2n) is 8.03. The molecule has 0 saturated carbocycles. The lowest BCUT2D eigenvalue weighted by molar-refractivity contribution is -0.134. The summed E-state index contributed by atoms with van der Waals surface area (Å²) in [5.41, 5.74) is 0.428. The number of halogens is 1. The van der Waals surface area contributed by atoms with Gasteiger partial charge < -0.3 is 14.4 Å². The first-order valence-electron chi connectivity index (χ1n) is 10.4. The van der Waals surface area contributed by atoms with Gasteiger partial charge in [-0.15, -0.1) is 0 Å². The Balaban J connectivity index is 1.34. The number of carbonyl (C=O) groups excluding carboxylic acids is 3. The Morgan fingerprint density at radius 1 is 1.13 bits per heavy atom. The zero-order valence-electron chi connectivity index (χ0n) is 17.4. The van der Waals surface area contributed by atoms with Crippen molar-refractivity contribution in [2.45, 2.75) is 37.7 Å². The first-order chi connectivity index (χ1) is 14.9. The highest BCUT2D eigenvalue weighted by molar-refractivity contribution is 6.31. The fraction of sp³-hybridized carbons (Fsp3) is 0.375. The average molecular weight is 442 g/mol. The number of piperidine rings is 1. The van der Waals surface area contributed by atoms with E-state index in [1.807, 2.05) is 0 Å². The van der Waals surface area contributed by atoms with Crippen LogP contribution in [0.5, 0.6) is 11.5 Å². The molecule has 0 bridgehead atoms. The molecule has 2 aliphatic rings. The monoisotopic (exact) mass is 441 g/mol. The number of carbonyl (C=O) groups is 3. The van der Waals surface area contributed by atoms with Gasteiger partial charge in [0.15, 0.2) is 11.6 Å². The van der Waals surface area contributed by atoms with Crippen molar-refractivity contribution >= 4 is 29.1 Å². The van der Waals surface area contributed by atoms with Gasteiger partial charge in [-0.2, -0.15) is 0 Å². The van der Waals surface area contributed by atoms with Crippen LogP contribution >= 0.6 is 11.6 Å². The van der Waals surface area contributed by atoms with Gasteiger partial charge in [0.25, 0.3) is 0 Å². The maximum atomic E-state index is 12.7. The molecule has 2 aromatic rings. The van der Waals surface area contributed by atoms with Crippen LogP contribution in [-0.4, -0.2) is 48.2 Å². The van der Waals surface area contributed by atoms with E-state index in [2.05, 4.69) is 0 Å². The SMILES string of the molecule is COc1ccccc1C(=O)CCC(=O)N1CCC2(CC1)CC(=O)c1cc(Cl)ccc1O2. The third-order valence-corrected chi connectivity index (χ3v) is 6.29. The van der Waals surface area contributed by atoms with Gasteiger partial charge in [-0.1, -0.05) is 23.7 Å². The second kappa shape index (κ2) is 8.71. The third kappa shape index (κ3) is 4.44. The van der Waals surface area contributed by atoms with Gasteiger partial charge in [0.2, 0.25) is 5.91 Å². The minimum atomic E-state index is -0.581. The van der Waals surface area contributed by atoms with Gasteiger partial charge >= 0.3 is 0 Å². The smallest absolute Gasteiger partial charge is 0.223 e. The fourth-order valence-corrected chi connectivity index (χ4v) is 4.47. The number of nitrogens with zero attached hydrogens (tertiary/aromatic N) is 1.